The van der Waals surface area contributed by atoms with Crippen molar-refractivity contribution in [2.75, 3.05) is 19.0 Å². The molecule has 2 aromatic rings. The second-order valence-corrected chi connectivity index (χ2v) is 6.20. The minimum absolute atomic E-state index is 0.0655. The number of anilines is 1. The van der Waals surface area contributed by atoms with Crippen molar-refractivity contribution in [2.24, 2.45) is 5.92 Å². The summed E-state index contributed by atoms with van der Waals surface area (Å²) >= 11 is 0. The SMILES string of the molecule is COc1ccc(CNC(=O)COc2ccc(NC(=O)C3CC3)cc2)cc1. The molecule has 0 radical (unpaired) electrons. The lowest BCUT2D eigenvalue weighted by atomic mass is 10.2. The van der Waals surface area contributed by atoms with Crippen LogP contribution in [0.5, 0.6) is 11.5 Å². The summed E-state index contributed by atoms with van der Waals surface area (Å²) in [7, 11) is 1.61. The molecule has 2 amide bonds. The highest BCUT2D eigenvalue weighted by atomic mass is 16.5. The summed E-state index contributed by atoms with van der Waals surface area (Å²) in [6, 6.07) is 14.5. The smallest absolute Gasteiger partial charge is 0.258 e. The molecular formula is C20H22N2O4. The minimum atomic E-state index is -0.202. The van der Waals surface area contributed by atoms with Gasteiger partial charge in [-0.25, -0.2) is 0 Å². The number of nitrogens with one attached hydrogen (secondary N) is 2. The van der Waals surface area contributed by atoms with Gasteiger partial charge in [-0.2, -0.15) is 0 Å². The molecule has 0 bridgehead atoms. The molecule has 0 aliphatic heterocycles. The quantitative estimate of drug-likeness (QED) is 0.764. The molecule has 0 unspecified atom stereocenters. The standard InChI is InChI=1S/C20H22N2O4/c1-25-17-8-2-14(3-9-17)12-21-19(23)13-26-18-10-6-16(7-11-18)22-20(24)15-4-5-15/h2-3,6-11,15H,4-5,12-13H2,1H3,(H,21,23)(H,22,24). The minimum Gasteiger partial charge on any atom is -0.497 e. The van der Waals surface area contributed by atoms with Crippen molar-refractivity contribution in [1.82, 2.24) is 5.32 Å². The maximum absolute atomic E-state index is 11.9. The van der Waals surface area contributed by atoms with E-state index in [0.29, 0.717) is 12.3 Å². The predicted molar refractivity (Wildman–Crippen MR) is 98.1 cm³/mol. The van der Waals surface area contributed by atoms with Crippen molar-refractivity contribution in [1.29, 1.82) is 0 Å². The van der Waals surface area contributed by atoms with Crippen LogP contribution >= 0.6 is 0 Å². The summed E-state index contributed by atoms with van der Waals surface area (Å²) in [5, 5.41) is 5.66. The van der Waals surface area contributed by atoms with E-state index in [-0.39, 0.29) is 24.3 Å². The number of hydrogen-bond acceptors (Lipinski definition) is 4. The maximum Gasteiger partial charge on any atom is 0.258 e. The third-order valence-corrected chi connectivity index (χ3v) is 4.09. The summed E-state index contributed by atoms with van der Waals surface area (Å²) in [6.07, 6.45) is 1.94. The molecule has 1 aliphatic carbocycles. The average molecular weight is 354 g/mol. The van der Waals surface area contributed by atoms with Gasteiger partial charge in [0.25, 0.3) is 5.91 Å². The molecule has 136 valence electrons. The summed E-state index contributed by atoms with van der Waals surface area (Å²) in [6.45, 7) is 0.363. The summed E-state index contributed by atoms with van der Waals surface area (Å²) in [5.41, 5.74) is 1.72. The Morgan fingerprint density at radius 2 is 1.65 bits per heavy atom. The fourth-order valence-electron chi connectivity index (χ4n) is 2.37. The Kier molecular flexibility index (Phi) is 5.73. The Labute approximate surface area is 152 Å². The number of amides is 2. The van der Waals surface area contributed by atoms with Gasteiger partial charge in [0.05, 0.1) is 7.11 Å². The van der Waals surface area contributed by atoms with Gasteiger partial charge in [0.2, 0.25) is 5.91 Å². The fraction of sp³-hybridized carbons (Fsp3) is 0.300. The number of benzene rings is 2. The Morgan fingerprint density at radius 1 is 1.00 bits per heavy atom. The van der Waals surface area contributed by atoms with Crippen LogP contribution in [0.15, 0.2) is 48.5 Å². The highest BCUT2D eigenvalue weighted by Crippen LogP contribution is 2.30. The van der Waals surface area contributed by atoms with Crippen LogP contribution in [0.1, 0.15) is 18.4 Å². The van der Waals surface area contributed by atoms with E-state index in [0.717, 1.165) is 29.8 Å². The molecule has 0 aromatic heterocycles. The topological polar surface area (TPSA) is 76.7 Å². The first-order valence-corrected chi connectivity index (χ1v) is 8.57. The van der Waals surface area contributed by atoms with Gasteiger partial charge in [-0.3, -0.25) is 9.59 Å². The molecule has 0 spiro atoms. The molecular weight excluding hydrogens is 332 g/mol. The first-order valence-electron chi connectivity index (χ1n) is 8.57. The summed E-state index contributed by atoms with van der Waals surface area (Å²) < 4.78 is 10.6. The molecule has 0 heterocycles. The van der Waals surface area contributed by atoms with Crippen LogP contribution < -0.4 is 20.1 Å². The van der Waals surface area contributed by atoms with Crippen molar-refractivity contribution in [3.05, 3.63) is 54.1 Å². The van der Waals surface area contributed by atoms with Crippen molar-refractivity contribution in [2.45, 2.75) is 19.4 Å². The molecule has 0 saturated heterocycles. The van der Waals surface area contributed by atoms with E-state index in [2.05, 4.69) is 10.6 Å². The molecule has 2 aromatic carbocycles. The highest BCUT2D eigenvalue weighted by molar-refractivity contribution is 5.94. The number of rotatable bonds is 8. The van der Waals surface area contributed by atoms with Crippen LogP contribution in [0.25, 0.3) is 0 Å². The average Bonchev–Trinajstić information content (AvgIpc) is 3.51. The van der Waals surface area contributed by atoms with Crippen molar-refractivity contribution in [3.8, 4) is 11.5 Å². The van der Waals surface area contributed by atoms with E-state index in [1.165, 1.54) is 0 Å². The number of ether oxygens (including phenoxy) is 2. The van der Waals surface area contributed by atoms with Gasteiger partial charge < -0.3 is 20.1 Å². The zero-order valence-corrected chi connectivity index (χ0v) is 14.7. The molecule has 26 heavy (non-hydrogen) atoms. The molecule has 6 heteroatoms. The van der Waals surface area contributed by atoms with E-state index in [4.69, 9.17) is 9.47 Å². The molecule has 1 fully saturated rings. The lowest BCUT2D eigenvalue weighted by Gasteiger charge is -2.09. The van der Waals surface area contributed by atoms with E-state index >= 15 is 0 Å². The molecule has 1 saturated carbocycles. The summed E-state index contributed by atoms with van der Waals surface area (Å²) in [4.78, 5) is 23.6. The number of carbonyl (C=O) groups excluding carboxylic acids is 2. The van der Waals surface area contributed by atoms with E-state index < -0.39 is 0 Å². The third kappa shape index (κ3) is 5.24. The molecule has 3 rings (SSSR count). The summed E-state index contributed by atoms with van der Waals surface area (Å²) in [5.74, 6) is 1.39. The zero-order valence-electron chi connectivity index (χ0n) is 14.7. The Balaban J connectivity index is 1.39. The normalized spacial score (nSPS) is 13.0. The predicted octanol–water partition coefficient (Wildman–Crippen LogP) is 2.74. The van der Waals surface area contributed by atoms with Gasteiger partial charge in [0.15, 0.2) is 6.61 Å². The van der Waals surface area contributed by atoms with Gasteiger partial charge in [-0.1, -0.05) is 12.1 Å². The molecule has 2 N–H and O–H groups in total. The van der Waals surface area contributed by atoms with E-state index in [1.54, 1.807) is 31.4 Å². The monoisotopic (exact) mass is 354 g/mol. The van der Waals surface area contributed by atoms with Gasteiger partial charge >= 0.3 is 0 Å². The van der Waals surface area contributed by atoms with Gasteiger partial charge in [-0.05, 0) is 54.8 Å². The van der Waals surface area contributed by atoms with Crippen LogP contribution in [-0.4, -0.2) is 25.5 Å². The first kappa shape index (κ1) is 17.8. The van der Waals surface area contributed by atoms with Crippen molar-refractivity contribution < 1.29 is 19.1 Å². The number of hydrogen-bond donors (Lipinski definition) is 2. The van der Waals surface area contributed by atoms with Crippen LogP contribution in [-0.2, 0) is 16.1 Å². The van der Waals surface area contributed by atoms with Gasteiger partial charge in [0, 0.05) is 18.2 Å². The lowest BCUT2D eigenvalue weighted by molar-refractivity contribution is -0.123. The number of methoxy groups -OCH3 is 1. The van der Waals surface area contributed by atoms with Crippen LogP contribution in [0.4, 0.5) is 5.69 Å². The number of carbonyl (C=O) groups is 2. The Morgan fingerprint density at radius 3 is 2.27 bits per heavy atom. The van der Waals surface area contributed by atoms with E-state index in [1.807, 2.05) is 24.3 Å². The van der Waals surface area contributed by atoms with E-state index in [9.17, 15) is 9.59 Å². The second kappa shape index (κ2) is 8.38. The van der Waals surface area contributed by atoms with Gasteiger partial charge in [-0.15, -0.1) is 0 Å². The highest BCUT2D eigenvalue weighted by Gasteiger charge is 2.29. The van der Waals surface area contributed by atoms with Crippen LogP contribution in [0.2, 0.25) is 0 Å². The Hall–Kier alpha value is -3.02. The maximum atomic E-state index is 11.9. The third-order valence-electron chi connectivity index (χ3n) is 4.09. The van der Waals surface area contributed by atoms with Crippen LogP contribution in [0.3, 0.4) is 0 Å². The zero-order chi connectivity index (χ0) is 18.4. The Bertz CT molecular complexity index is 752. The van der Waals surface area contributed by atoms with Crippen LogP contribution in [0, 0.1) is 5.92 Å². The van der Waals surface area contributed by atoms with Crippen molar-refractivity contribution in [3.63, 3.8) is 0 Å². The molecule has 0 atom stereocenters. The van der Waals surface area contributed by atoms with Crippen molar-refractivity contribution >= 4 is 17.5 Å². The molecule has 1 aliphatic rings. The largest absolute Gasteiger partial charge is 0.497 e. The van der Waals surface area contributed by atoms with Gasteiger partial charge in [0.1, 0.15) is 11.5 Å². The lowest BCUT2D eigenvalue weighted by Crippen LogP contribution is -2.28. The second-order valence-electron chi connectivity index (χ2n) is 6.20. The first-order chi connectivity index (χ1) is 12.6. The molecule has 6 nitrogen and oxygen atoms in total. The fourth-order valence-corrected chi connectivity index (χ4v) is 2.37.